The number of ether oxygens (including phenoxy) is 1. The first kappa shape index (κ1) is 26.8. The van der Waals surface area contributed by atoms with E-state index in [9.17, 15) is 9.59 Å². The van der Waals surface area contributed by atoms with Gasteiger partial charge in [-0.15, -0.1) is 0 Å². The number of hydrogen-bond donors (Lipinski definition) is 0. The highest BCUT2D eigenvalue weighted by atomic mass is 35.5. The molecule has 1 aliphatic heterocycles. The number of amides is 2. The second kappa shape index (κ2) is 10.3. The highest BCUT2D eigenvalue weighted by Gasteiger charge is 2.67. The lowest BCUT2D eigenvalue weighted by Crippen LogP contribution is -2.45. The van der Waals surface area contributed by atoms with Gasteiger partial charge in [-0.25, -0.2) is 14.7 Å². The van der Waals surface area contributed by atoms with Crippen molar-refractivity contribution in [3.63, 3.8) is 0 Å². The van der Waals surface area contributed by atoms with Crippen LogP contribution in [-0.2, 0) is 20.4 Å². The Labute approximate surface area is 220 Å². The monoisotopic (exact) mass is 528 g/mol. The molecule has 0 N–H and O–H groups in total. The number of pyridine rings is 1. The minimum atomic E-state index is -1.87. The summed E-state index contributed by atoms with van der Waals surface area (Å²) < 4.78 is 11.8. The van der Waals surface area contributed by atoms with Crippen molar-refractivity contribution >= 4 is 31.9 Å². The topological polar surface area (TPSA) is 68.7 Å². The summed E-state index contributed by atoms with van der Waals surface area (Å²) in [6, 6.07) is 13.7. The van der Waals surface area contributed by atoms with Crippen molar-refractivity contribution in [2.75, 3.05) is 13.2 Å². The zero-order valence-corrected chi connectivity index (χ0v) is 23.7. The maximum absolute atomic E-state index is 14.0. The highest BCUT2D eigenvalue weighted by Crippen LogP contribution is 2.58. The Bertz CT molecular complexity index is 1090. The largest absolute Gasteiger partial charge is 0.447 e. The molecular weight excluding hydrogens is 492 g/mol. The van der Waals surface area contributed by atoms with Crippen LogP contribution in [0.15, 0.2) is 48.7 Å². The van der Waals surface area contributed by atoms with Crippen molar-refractivity contribution in [2.45, 2.75) is 76.0 Å². The second-order valence-electron chi connectivity index (χ2n) is 11.6. The fourth-order valence-electron chi connectivity index (χ4n) is 4.80. The van der Waals surface area contributed by atoms with Crippen molar-refractivity contribution in [1.82, 2.24) is 9.88 Å². The summed E-state index contributed by atoms with van der Waals surface area (Å²) in [6.07, 6.45) is 3.75. The maximum atomic E-state index is 14.0. The fourth-order valence-corrected chi connectivity index (χ4v) is 6.00. The van der Waals surface area contributed by atoms with E-state index in [0.717, 1.165) is 24.0 Å². The average molecular weight is 529 g/mol. The first-order chi connectivity index (χ1) is 16.9. The summed E-state index contributed by atoms with van der Waals surface area (Å²) in [7, 11) is -1.87. The van der Waals surface area contributed by atoms with E-state index in [-0.39, 0.29) is 29.4 Å². The third-order valence-corrected chi connectivity index (χ3v) is 12.9. The summed E-state index contributed by atoms with van der Waals surface area (Å²) >= 11 is 5.98. The summed E-state index contributed by atoms with van der Waals surface area (Å²) in [5.74, 6) is -0.442. The van der Waals surface area contributed by atoms with Crippen LogP contribution in [0.5, 0.6) is 0 Å². The van der Waals surface area contributed by atoms with Crippen LogP contribution >= 0.6 is 11.6 Å². The molecule has 1 saturated heterocycles. The number of hydrogen-bond acceptors (Lipinski definition) is 5. The SMILES string of the molecule is CC(C)(C)[Si](C)(C)OCCC[C@@H](Cc1ccc(Cl)nc1)C(=O)N1C(=O)OC[C@]12CC2c1ccccc1. The molecule has 2 fully saturated rings. The third-order valence-electron chi connectivity index (χ3n) is 8.13. The molecule has 1 unspecified atom stereocenters. The van der Waals surface area contributed by atoms with Crippen LogP contribution in [0.4, 0.5) is 4.79 Å². The maximum Gasteiger partial charge on any atom is 0.417 e. The summed E-state index contributed by atoms with van der Waals surface area (Å²) in [5, 5.41) is 0.538. The molecule has 0 radical (unpaired) electrons. The molecule has 194 valence electrons. The lowest BCUT2D eigenvalue weighted by atomic mass is 9.93. The fraction of sp³-hybridized carbons (Fsp3) is 0.536. The Balaban J connectivity index is 1.50. The van der Waals surface area contributed by atoms with Gasteiger partial charge < -0.3 is 9.16 Å². The van der Waals surface area contributed by atoms with Gasteiger partial charge in [0.05, 0.1) is 5.54 Å². The molecule has 6 nitrogen and oxygen atoms in total. The Hall–Kier alpha value is -2.22. The number of nitrogens with zero attached hydrogens (tertiary/aromatic N) is 2. The van der Waals surface area contributed by atoms with Gasteiger partial charge in [-0.2, -0.15) is 0 Å². The number of carbonyl (C=O) groups excluding carboxylic acids is 2. The number of cyclic esters (lactones) is 1. The number of halogens is 1. The van der Waals surface area contributed by atoms with E-state index < -0.39 is 19.9 Å². The molecule has 0 bridgehead atoms. The van der Waals surface area contributed by atoms with Gasteiger partial charge >= 0.3 is 6.09 Å². The molecule has 2 amide bonds. The summed E-state index contributed by atoms with van der Waals surface area (Å²) in [4.78, 5) is 32.4. The second-order valence-corrected chi connectivity index (χ2v) is 16.8. The number of aromatic nitrogens is 1. The smallest absolute Gasteiger partial charge is 0.417 e. The molecule has 4 rings (SSSR count). The highest BCUT2D eigenvalue weighted by molar-refractivity contribution is 6.74. The first-order valence-electron chi connectivity index (χ1n) is 12.7. The van der Waals surface area contributed by atoms with Gasteiger partial charge in [0.1, 0.15) is 11.8 Å². The predicted molar refractivity (Wildman–Crippen MR) is 144 cm³/mol. The van der Waals surface area contributed by atoms with E-state index in [1.54, 1.807) is 12.3 Å². The van der Waals surface area contributed by atoms with Gasteiger partial charge in [-0.3, -0.25) is 4.79 Å². The van der Waals surface area contributed by atoms with Crippen LogP contribution in [0.2, 0.25) is 23.3 Å². The number of benzene rings is 1. The van der Waals surface area contributed by atoms with E-state index in [4.69, 9.17) is 20.8 Å². The predicted octanol–water partition coefficient (Wildman–Crippen LogP) is 6.60. The number of imide groups is 1. The minimum absolute atomic E-state index is 0.105. The van der Waals surface area contributed by atoms with Crippen LogP contribution in [0.3, 0.4) is 0 Å². The van der Waals surface area contributed by atoms with Gasteiger partial charge in [-0.05, 0) is 61.0 Å². The molecule has 2 aromatic rings. The molecule has 1 aromatic carbocycles. The molecule has 2 heterocycles. The quantitative estimate of drug-likeness (QED) is 0.208. The molecule has 3 atom stereocenters. The molecule has 1 saturated carbocycles. The molecule has 1 aromatic heterocycles. The standard InChI is InChI=1S/C28H37ClN2O4Si/c1-27(2,3)36(4,5)35-15-9-12-22(16-20-13-14-24(29)30-18-20)25(32)31-26(33)34-19-28(31)17-23(28)21-10-7-6-8-11-21/h6-8,10-11,13-14,18,22-23H,9,12,15-17,19H2,1-5H3/t22-,23?,28-/m0/s1. The number of rotatable bonds is 9. The molecule has 36 heavy (non-hydrogen) atoms. The van der Waals surface area contributed by atoms with E-state index >= 15 is 0 Å². The van der Waals surface area contributed by atoms with Crippen LogP contribution in [0, 0.1) is 5.92 Å². The molecule has 2 aliphatic rings. The lowest BCUT2D eigenvalue weighted by molar-refractivity contribution is -0.134. The Morgan fingerprint density at radius 2 is 1.97 bits per heavy atom. The number of carbonyl (C=O) groups is 2. The first-order valence-corrected chi connectivity index (χ1v) is 16.0. The van der Waals surface area contributed by atoms with Crippen LogP contribution in [0.1, 0.15) is 57.1 Å². The van der Waals surface area contributed by atoms with Crippen molar-refractivity contribution in [2.24, 2.45) is 5.92 Å². The van der Waals surface area contributed by atoms with Crippen LogP contribution in [-0.4, -0.2) is 49.0 Å². The zero-order chi connectivity index (χ0) is 26.1. The normalized spacial score (nSPS) is 22.6. The Morgan fingerprint density at radius 1 is 1.25 bits per heavy atom. The van der Waals surface area contributed by atoms with Crippen molar-refractivity contribution in [1.29, 1.82) is 0 Å². The average Bonchev–Trinajstić information content (AvgIpc) is 3.46. The van der Waals surface area contributed by atoms with E-state index in [0.29, 0.717) is 24.6 Å². The van der Waals surface area contributed by atoms with E-state index in [1.165, 1.54) is 4.90 Å². The van der Waals surface area contributed by atoms with Gasteiger partial charge in [-0.1, -0.05) is 68.8 Å². The van der Waals surface area contributed by atoms with E-state index in [1.807, 2.05) is 24.3 Å². The lowest BCUT2D eigenvalue weighted by Gasteiger charge is -2.36. The van der Waals surface area contributed by atoms with Gasteiger partial charge in [0.15, 0.2) is 8.32 Å². The van der Waals surface area contributed by atoms with Crippen molar-refractivity contribution in [3.05, 3.63) is 64.9 Å². The van der Waals surface area contributed by atoms with Crippen molar-refractivity contribution < 1.29 is 18.8 Å². The van der Waals surface area contributed by atoms with Crippen LogP contribution in [0.25, 0.3) is 0 Å². The zero-order valence-electron chi connectivity index (χ0n) is 21.9. The van der Waals surface area contributed by atoms with Crippen LogP contribution < -0.4 is 0 Å². The Kier molecular flexibility index (Phi) is 7.65. The third kappa shape index (κ3) is 5.53. The summed E-state index contributed by atoms with van der Waals surface area (Å²) in [6.45, 7) is 12.0. The molecule has 8 heteroatoms. The van der Waals surface area contributed by atoms with Gasteiger partial charge in [0.2, 0.25) is 5.91 Å². The summed E-state index contributed by atoms with van der Waals surface area (Å²) in [5.41, 5.74) is 1.47. The Morgan fingerprint density at radius 3 is 2.61 bits per heavy atom. The van der Waals surface area contributed by atoms with Crippen molar-refractivity contribution in [3.8, 4) is 0 Å². The minimum Gasteiger partial charge on any atom is -0.447 e. The molecule has 1 aliphatic carbocycles. The van der Waals surface area contributed by atoms with Gasteiger partial charge in [0, 0.05) is 24.6 Å². The molecule has 1 spiro atoms. The molecular formula is C28H37ClN2O4Si. The van der Waals surface area contributed by atoms with E-state index in [2.05, 4.69) is 51.0 Å². The van der Waals surface area contributed by atoms with Gasteiger partial charge in [0.25, 0.3) is 0 Å².